The van der Waals surface area contributed by atoms with Crippen LogP contribution in [0.4, 0.5) is 0 Å². The first-order chi connectivity index (χ1) is 16.5. The molecule has 1 unspecified atom stereocenters. The lowest BCUT2D eigenvalue weighted by Gasteiger charge is -2.15. The number of benzene rings is 3. The number of amides is 1. The second-order valence-corrected chi connectivity index (χ2v) is 8.24. The Kier molecular flexibility index (Phi) is 5.51. The van der Waals surface area contributed by atoms with Gasteiger partial charge in [0.1, 0.15) is 0 Å². The van der Waals surface area contributed by atoms with E-state index in [4.69, 9.17) is 0 Å². The van der Waals surface area contributed by atoms with E-state index in [0.29, 0.717) is 16.9 Å². The molecule has 0 aliphatic heterocycles. The fourth-order valence-electron chi connectivity index (χ4n) is 3.98. The summed E-state index contributed by atoms with van der Waals surface area (Å²) in [7, 11) is 0. The van der Waals surface area contributed by atoms with Gasteiger partial charge in [0, 0.05) is 18.0 Å². The number of rotatable bonds is 5. The Morgan fingerprint density at radius 2 is 1.79 bits per heavy atom. The second kappa shape index (κ2) is 8.78. The number of aryl methyl sites for hydroxylation is 1. The second-order valence-electron chi connectivity index (χ2n) is 8.24. The van der Waals surface area contributed by atoms with Gasteiger partial charge in [0.25, 0.3) is 5.91 Å². The number of imidazole rings is 1. The molecule has 7 heteroatoms. The van der Waals surface area contributed by atoms with Gasteiger partial charge in [0.15, 0.2) is 0 Å². The number of carbonyl (C=O) groups is 1. The minimum atomic E-state index is -0.330. The van der Waals surface area contributed by atoms with E-state index in [-0.39, 0.29) is 17.6 Å². The van der Waals surface area contributed by atoms with E-state index in [0.717, 1.165) is 27.7 Å². The molecule has 0 aliphatic carbocycles. The Morgan fingerprint density at radius 1 is 1.00 bits per heavy atom. The van der Waals surface area contributed by atoms with Gasteiger partial charge in [-0.3, -0.25) is 19.3 Å². The van der Waals surface area contributed by atoms with Gasteiger partial charge in [-0.25, -0.2) is 4.79 Å². The van der Waals surface area contributed by atoms with Gasteiger partial charge in [-0.05, 0) is 55.3 Å². The lowest BCUT2D eigenvalue weighted by molar-refractivity contribution is 0.0939. The van der Waals surface area contributed by atoms with Crippen molar-refractivity contribution < 1.29 is 4.79 Å². The molecule has 0 saturated carbocycles. The van der Waals surface area contributed by atoms with E-state index in [1.165, 1.54) is 0 Å². The minimum Gasteiger partial charge on any atom is -0.344 e. The third-order valence-corrected chi connectivity index (χ3v) is 5.79. The molecule has 5 rings (SSSR count). The fourth-order valence-corrected chi connectivity index (χ4v) is 3.98. The van der Waals surface area contributed by atoms with Gasteiger partial charge in [-0.1, -0.05) is 42.0 Å². The summed E-state index contributed by atoms with van der Waals surface area (Å²) in [6.45, 7) is 3.88. The zero-order valence-electron chi connectivity index (χ0n) is 18.8. The minimum absolute atomic E-state index is 0.262. The van der Waals surface area contributed by atoms with Crippen LogP contribution in [0.25, 0.3) is 27.8 Å². The predicted octanol–water partition coefficient (Wildman–Crippen LogP) is 4.58. The third kappa shape index (κ3) is 4.11. The fraction of sp³-hybridized carbons (Fsp3) is 0.111. The Hall–Kier alpha value is -4.52. The van der Waals surface area contributed by atoms with Crippen LogP contribution in [0.1, 0.15) is 34.6 Å². The highest BCUT2D eigenvalue weighted by atomic mass is 16.2. The lowest BCUT2D eigenvalue weighted by Crippen LogP contribution is -2.27. The van der Waals surface area contributed by atoms with Crippen LogP contribution in [-0.2, 0) is 0 Å². The van der Waals surface area contributed by atoms with E-state index >= 15 is 0 Å². The molecule has 1 amide bonds. The molecule has 0 saturated heterocycles. The van der Waals surface area contributed by atoms with Crippen molar-refractivity contribution in [3.8, 4) is 16.8 Å². The van der Waals surface area contributed by atoms with E-state index < -0.39 is 0 Å². The van der Waals surface area contributed by atoms with Crippen molar-refractivity contribution in [2.75, 3.05) is 0 Å². The molecule has 0 spiro atoms. The van der Waals surface area contributed by atoms with Gasteiger partial charge in [-0.15, -0.1) is 0 Å². The summed E-state index contributed by atoms with van der Waals surface area (Å²) in [5.41, 5.74) is 5.87. The Balaban J connectivity index is 1.62. The average Bonchev–Trinajstić information content (AvgIpc) is 3.20. The topological polar surface area (TPSA) is 92.7 Å². The molecule has 7 nitrogen and oxygen atoms in total. The monoisotopic (exact) mass is 449 g/mol. The molecular weight excluding hydrogens is 426 g/mol. The van der Waals surface area contributed by atoms with E-state index in [1.54, 1.807) is 29.2 Å². The highest BCUT2D eigenvalue weighted by Gasteiger charge is 2.17. The van der Waals surface area contributed by atoms with Crippen molar-refractivity contribution in [1.29, 1.82) is 0 Å². The summed E-state index contributed by atoms with van der Waals surface area (Å²) in [6.07, 6.45) is 4.82. The predicted molar refractivity (Wildman–Crippen MR) is 132 cm³/mol. The number of nitrogens with one attached hydrogen (secondary N) is 2. The molecular formula is C27H23N5O2. The summed E-state index contributed by atoms with van der Waals surface area (Å²) in [6, 6.07) is 20.7. The molecule has 0 radical (unpaired) electrons. The number of fused-ring (bicyclic) bond motifs is 1. The van der Waals surface area contributed by atoms with Crippen molar-refractivity contribution in [2.45, 2.75) is 19.9 Å². The molecule has 2 heterocycles. The first-order valence-corrected chi connectivity index (χ1v) is 11.0. The van der Waals surface area contributed by atoms with Crippen LogP contribution in [0.5, 0.6) is 0 Å². The average molecular weight is 450 g/mol. The quantitative estimate of drug-likeness (QED) is 0.411. The van der Waals surface area contributed by atoms with Crippen LogP contribution in [0.15, 0.2) is 90.1 Å². The molecule has 168 valence electrons. The van der Waals surface area contributed by atoms with Crippen molar-refractivity contribution in [3.05, 3.63) is 113 Å². The van der Waals surface area contributed by atoms with E-state index in [9.17, 15) is 9.59 Å². The lowest BCUT2D eigenvalue weighted by atomic mass is 10.00. The van der Waals surface area contributed by atoms with Crippen LogP contribution in [-0.4, -0.2) is 25.4 Å². The summed E-state index contributed by atoms with van der Waals surface area (Å²) in [4.78, 5) is 37.4. The van der Waals surface area contributed by atoms with Gasteiger partial charge in [0.2, 0.25) is 0 Å². The molecule has 5 aromatic rings. The number of nitrogens with zero attached hydrogens (tertiary/aromatic N) is 3. The van der Waals surface area contributed by atoms with Crippen LogP contribution in [0.3, 0.4) is 0 Å². The number of hydrogen-bond donors (Lipinski definition) is 2. The van der Waals surface area contributed by atoms with E-state index in [2.05, 4.69) is 20.3 Å². The normalized spacial score (nSPS) is 11.9. The summed E-state index contributed by atoms with van der Waals surface area (Å²) >= 11 is 0. The molecule has 0 bridgehead atoms. The number of aromatic amines is 1. The Morgan fingerprint density at radius 3 is 2.56 bits per heavy atom. The largest absolute Gasteiger partial charge is 0.344 e. The molecule has 2 aromatic heterocycles. The molecule has 0 aliphatic rings. The van der Waals surface area contributed by atoms with Gasteiger partial charge >= 0.3 is 5.69 Å². The zero-order valence-corrected chi connectivity index (χ0v) is 18.8. The van der Waals surface area contributed by atoms with Crippen LogP contribution in [0, 0.1) is 6.92 Å². The Bertz CT molecular complexity index is 1540. The van der Waals surface area contributed by atoms with Crippen molar-refractivity contribution in [2.24, 2.45) is 0 Å². The van der Waals surface area contributed by atoms with Crippen LogP contribution < -0.4 is 11.0 Å². The van der Waals surface area contributed by atoms with Crippen LogP contribution in [0.2, 0.25) is 0 Å². The summed E-state index contributed by atoms with van der Waals surface area (Å²) in [5, 5.41) is 2.99. The number of para-hydroxylation sites is 2. The first kappa shape index (κ1) is 21.3. The molecule has 1 atom stereocenters. The van der Waals surface area contributed by atoms with Gasteiger partial charge in [0.05, 0.1) is 34.7 Å². The van der Waals surface area contributed by atoms with Crippen molar-refractivity contribution >= 4 is 16.9 Å². The molecule has 34 heavy (non-hydrogen) atoms. The highest BCUT2D eigenvalue weighted by Crippen LogP contribution is 2.26. The van der Waals surface area contributed by atoms with Crippen LogP contribution >= 0.6 is 0 Å². The smallest absolute Gasteiger partial charge is 0.331 e. The SMILES string of the molecule is Cc1ccc(-c2cc(C(=O)NC(C)c3cnccn3)cc(-n3c(=O)[nH]c4ccccc43)c2)cc1. The molecule has 2 N–H and O–H groups in total. The number of hydrogen-bond acceptors (Lipinski definition) is 4. The maximum absolute atomic E-state index is 13.3. The number of aromatic nitrogens is 4. The van der Waals surface area contributed by atoms with Gasteiger partial charge in [-0.2, -0.15) is 0 Å². The molecule has 3 aromatic carbocycles. The van der Waals surface area contributed by atoms with Crippen molar-refractivity contribution in [3.63, 3.8) is 0 Å². The maximum atomic E-state index is 13.3. The maximum Gasteiger partial charge on any atom is 0.331 e. The zero-order chi connectivity index (χ0) is 23.7. The number of H-pyrrole nitrogens is 1. The Labute approximate surface area is 196 Å². The van der Waals surface area contributed by atoms with E-state index in [1.807, 2.05) is 74.5 Å². The molecule has 0 fully saturated rings. The first-order valence-electron chi connectivity index (χ1n) is 11.0. The standard InChI is InChI=1S/C27H23N5O2/c1-17-7-9-19(10-8-17)20-13-21(26(33)30-18(2)24-16-28-11-12-29-24)15-22(14-20)32-25-6-4-3-5-23(25)31-27(32)34/h3-16,18H,1-2H3,(H,30,33)(H,31,34). The summed E-state index contributed by atoms with van der Waals surface area (Å²) in [5.74, 6) is -0.263. The van der Waals surface area contributed by atoms with Crippen molar-refractivity contribution in [1.82, 2.24) is 24.8 Å². The third-order valence-electron chi connectivity index (χ3n) is 5.79. The highest BCUT2D eigenvalue weighted by molar-refractivity contribution is 5.96. The summed E-state index contributed by atoms with van der Waals surface area (Å²) < 4.78 is 1.59. The number of carbonyl (C=O) groups excluding carboxylic acids is 1. The van der Waals surface area contributed by atoms with Gasteiger partial charge < -0.3 is 10.3 Å².